The molecular weight excluding hydrogens is 114 g/mol. The smallest absolute Gasteiger partial charge is 0.0599 e. The summed E-state index contributed by atoms with van der Waals surface area (Å²) in [5.41, 5.74) is 0. The molecule has 1 N–H and O–H groups in total. The second-order valence-corrected chi connectivity index (χ2v) is 2.15. The van der Waals surface area contributed by atoms with Crippen molar-refractivity contribution in [2.45, 2.75) is 13.0 Å². The third-order valence-corrected chi connectivity index (χ3v) is 1.36. The highest BCUT2D eigenvalue weighted by molar-refractivity contribution is 4.88. The summed E-state index contributed by atoms with van der Waals surface area (Å²) in [5.74, 6) is 2.50. The summed E-state index contributed by atoms with van der Waals surface area (Å²) in [4.78, 5) is 1.92. The van der Waals surface area contributed by atoms with Gasteiger partial charge in [-0.15, -0.1) is 6.42 Å². The van der Waals surface area contributed by atoms with Crippen molar-refractivity contribution in [1.82, 2.24) is 4.90 Å². The molecule has 0 heterocycles. The van der Waals surface area contributed by atoms with Crippen LogP contribution in [-0.2, 0) is 0 Å². The number of nitrogens with zero attached hydrogens (tertiary/aromatic N) is 1. The zero-order chi connectivity index (χ0) is 7.28. The summed E-state index contributed by atoms with van der Waals surface area (Å²) in [5, 5.41) is 8.62. The summed E-state index contributed by atoms with van der Waals surface area (Å²) in [7, 11) is 1.89. The molecule has 0 aliphatic carbocycles. The molecule has 9 heavy (non-hydrogen) atoms. The molecule has 52 valence electrons. The van der Waals surface area contributed by atoms with Gasteiger partial charge in [0.15, 0.2) is 0 Å². The second kappa shape index (κ2) is 4.37. The summed E-state index contributed by atoms with van der Waals surface area (Å²) in [6, 6.07) is 0.168. The molecule has 1 atom stereocenters. The van der Waals surface area contributed by atoms with E-state index in [0.29, 0.717) is 6.54 Å². The van der Waals surface area contributed by atoms with Gasteiger partial charge >= 0.3 is 0 Å². The molecule has 0 fully saturated rings. The first-order valence-corrected chi connectivity index (χ1v) is 2.97. The normalized spacial score (nSPS) is 13.2. The van der Waals surface area contributed by atoms with E-state index in [1.54, 1.807) is 0 Å². The quantitative estimate of drug-likeness (QED) is 0.536. The Morgan fingerprint density at radius 1 is 1.78 bits per heavy atom. The van der Waals surface area contributed by atoms with E-state index in [9.17, 15) is 0 Å². The van der Waals surface area contributed by atoms with Crippen molar-refractivity contribution in [3.05, 3.63) is 0 Å². The number of likely N-dealkylation sites (N-methyl/N-ethyl adjacent to an activating group) is 1. The largest absolute Gasteiger partial charge is 0.395 e. The Labute approximate surface area is 56.5 Å². The molecule has 0 amide bonds. The van der Waals surface area contributed by atoms with Crippen LogP contribution in [0.25, 0.3) is 0 Å². The molecule has 0 bridgehead atoms. The number of rotatable bonds is 3. The van der Waals surface area contributed by atoms with Crippen LogP contribution in [0.15, 0.2) is 0 Å². The van der Waals surface area contributed by atoms with Crippen LogP contribution in [0, 0.1) is 12.3 Å². The first-order chi connectivity index (χ1) is 4.22. The van der Waals surface area contributed by atoms with E-state index in [2.05, 4.69) is 5.92 Å². The van der Waals surface area contributed by atoms with E-state index in [1.165, 1.54) is 0 Å². The molecule has 1 unspecified atom stereocenters. The van der Waals surface area contributed by atoms with Crippen LogP contribution in [0.3, 0.4) is 0 Å². The van der Waals surface area contributed by atoms with Crippen molar-refractivity contribution in [1.29, 1.82) is 0 Å². The van der Waals surface area contributed by atoms with Crippen molar-refractivity contribution in [2.75, 3.05) is 20.2 Å². The van der Waals surface area contributed by atoms with Crippen LogP contribution >= 0.6 is 0 Å². The van der Waals surface area contributed by atoms with Crippen LogP contribution in [0.5, 0.6) is 0 Å². The van der Waals surface area contributed by atoms with Crippen LogP contribution in [0.2, 0.25) is 0 Å². The molecule has 0 aromatic heterocycles. The molecule has 2 heteroatoms. The van der Waals surface area contributed by atoms with Gasteiger partial charge in [0.2, 0.25) is 0 Å². The maximum atomic E-state index is 8.62. The maximum absolute atomic E-state index is 8.62. The maximum Gasteiger partial charge on any atom is 0.0599 e. The lowest BCUT2D eigenvalue weighted by atomic mass is 10.3. The third-order valence-electron chi connectivity index (χ3n) is 1.36. The minimum Gasteiger partial charge on any atom is -0.395 e. The standard InChI is InChI=1S/C7H13NO/c1-4-5-8(3)7(2)6-9/h1,7,9H,5-6H2,2-3H3. The fourth-order valence-corrected chi connectivity index (χ4v) is 0.439. The fourth-order valence-electron chi connectivity index (χ4n) is 0.439. The van der Waals surface area contributed by atoms with Crippen LogP contribution in [0.1, 0.15) is 6.92 Å². The zero-order valence-corrected chi connectivity index (χ0v) is 5.96. The van der Waals surface area contributed by atoms with E-state index < -0.39 is 0 Å². The van der Waals surface area contributed by atoms with Gasteiger partial charge in [0.05, 0.1) is 13.2 Å². The van der Waals surface area contributed by atoms with Gasteiger partial charge in [-0.1, -0.05) is 5.92 Å². The molecule has 0 aliphatic rings. The minimum absolute atomic E-state index is 0.165. The topological polar surface area (TPSA) is 23.5 Å². The summed E-state index contributed by atoms with van der Waals surface area (Å²) < 4.78 is 0. The molecule has 0 rings (SSSR count). The van der Waals surface area contributed by atoms with Gasteiger partial charge < -0.3 is 5.11 Å². The molecule has 0 aromatic carbocycles. The first-order valence-electron chi connectivity index (χ1n) is 2.97. The first kappa shape index (κ1) is 8.48. The zero-order valence-electron chi connectivity index (χ0n) is 5.96. The van der Waals surface area contributed by atoms with E-state index in [4.69, 9.17) is 11.5 Å². The van der Waals surface area contributed by atoms with Crippen molar-refractivity contribution in [3.63, 3.8) is 0 Å². The molecular formula is C7H13NO. The Kier molecular flexibility index (Phi) is 4.12. The SMILES string of the molecule is C#CCN(C)C(C)CO. The average Bonchev–Trinajstić information content (AvgIpc) is 1.87. The van der Waals surface area contributed by atoms with Crippen LogP contribution in [0.4, 0.5) is 0 Å². The van der Waals surface area contributed by atoms with Gasteiger partial charge in [-0.3, -0.25) is 4.90 Å². The molecule has 2 nitrogen and oxygen atoms in total. The number of hydrogen-bond acceptors (Lipinski definition) is 2. The van der Waals surface area contributed by atoms with Gasteiger partial charge in [-0.2, -0.15) is 0 Å². The predicted molar refractivity (Wildman–Crippen MR) is 38.0 cm³/mol. The molecule has 0 aromatic rings. The number of aliphatic hydroxyl groups excluding tert-OH is 1. The summed E-state index contributed by atoms with van der Waals surface area (Å²) in [6.45, 7) is 2.69. The van der Waals surface area contributed by atoms with Crippen LogP contribution < -0.4 is 0 Å². The molecule has 0 radical (unpaired) electrons. The van der Waals surface area contributed by atoms with Crippen molar-refractivity contribution in [2.24, 2.45) is 0 Å². The molecule has 0 aliphatic heterocycles. The monoisotopic (exact) mass is 127 g/mol. The Bertz CT molecular complexity index is 106. The van der Waals surface area contributed by atoms with E-state index in [-0.39, 0.29) is 12.6 Å². The van der Waals surface area contributed by atoms with Crippen molar-refractivity contribution < 1.29 is 5.11 Å². The minimum atomic E-state index is 0.165. The highest BCUT2D eigenvalue weighted by Crippen LogP contribution is 1.90. The van der Waals surface area contributed by atoms with Crippen molar-refractivity contribution >= 4 is 0 Å². The molecule has 0 saturated heterocycles. The Hall–Kier alpha value is -0.520. The van der Waals surface area contributed by atoms with Gasteiger partial charge in [-0.05, 0) is 14.0 Å². The lowest BCUT2D eigenvalue weighted by Crippen LogP contribution is -2.32. The van der Waals surface area contributed by atoms with Gasteiger partial charge in [0.1, 0.15) is 0 Å². The molecule has 0 saturated carbocycles. The molecule has 0 spiro atoms. The number of terminal acetylenes is 1. The van der Waals surface area contributed by atoms with Crippen molar-refractivity contribution in [3.8, 4) is 12.3 Å². The van der Waals surface area contributed by atoms with Crippen LogP contribution in [-0.4, -0.2) is 36.2 Å². The Morgan fingerprint density at radius 2 is 2.33 bits per heavy atom. The summed E-state index contributed by atoms with van der Waals surface area (Å²) >= 11 is 0. The highest BCUT2D eigenvalue weighted by Gasteiger charge is 2.03. The Balaban J connectivity index is 3.48. The predicted octanol–water partition coefficient (Wildman–Crippen LogP) is -0.0678. The van der Waals surface area contributed by atoms with Gasteiger partial charge in [0, 0.05) is 6.04 Å². The average molecular weight is 127 g/mol. The second-order valence-electron chi connectivity index (χ2n) is 2.15. The van der Waals surface area contributed by atoms with E-state index in [1.807, 2.05) is 18.9 Å². The Morgan fingerprint density at radius 3 is 2.67 bits per heavy atom. The van der Waals surface area contributed by atoms with Gasteiger partial charge in [0.25, 0.3) is 0 Å². The third kappa shape index (κ3) is 3.12. The van der Waals surface area contributed by atoms with E-state index in [0.717, 1.165) is 0 Å². The highest BCUT2D eigenvalue weighted by atomic mass is 16.3. The van der Waals surface area contributed by atoms with Gasteiger partial charge in [-0.25, -0.2) is 0 Å². The lowest BCUT2D eigenvalue weighted by molar-refractivity contribution is 0.172. The number of hydrogen-bond donors (Lipinski definition) is 1. The lowest BCUT2D eigenvalue weighted by Gasteiger charge is -2.19. The number of aliphatic hydroxyl groups is 1. The fraction of sp³-hybridized carbons (Fsp3) is 0.714. The summed E-state index contributed by atoms with van der Waals surface area (Å²) in [6.07, 6.45) is 5.05. The van der Waals surface area contributed by atoms with E-state index >= 15 is 0 Å².